The van der Waals surface area contributed by atoms with Crippen molar-refractivity contribution in [3.63, 3.8) is 0 Å². The second-order valence-electron chi connectivity index (χ2n) is 5.07. The van der Waals surface area contributed by atoms with Crippen molar-refractivity contribution in [1.29, 1.82) is 0 Å². The maximum absolute atomic E-state index is 4.29. The SMILES string of the molecule is Cn1cnc(CNC2CCc3cc(Br)ccc3C2)n1. The van der Waals surface area contributed by atoms with Crippen LogP contribution in [0.4, 0.5) is 0 Å². The number of nitrogens with one attached hydrogen (secondary N) is 1. The molecular weight excluding hydrogens is 304 g/mol. The zero-order chi connectivity index (χ0) is 13.2. The van der Waals surface area contributed by atoms with E-state index in [-0.39, 0.29) is 0 Å². The molecule has 100 valence electrons. The van der Waals surface area contributed by atoms with Gasteiger partial charge in [-0.1, -0.05) is 22.0 Å². The molecule has 3 rings (SSSR count). The van der Waals surface area contributed by atoms with E-state index in [2.05, 4.69) is 49.5 Å². The molecule has 0 aliphatic heterocycles. The molecular formula is C14H17BrN4. The average molecular weight is 321 g/mol. The Hall–Kier alpha value is -1.20. The minimum absolute atomic E-state index is 0.525. The Balaban J connectivity index is 1.61. The maximum atomic E-state index is 4.29. The highest BCUT2D eigenvalue weighted by molar-refractivity contribution is 9.10. The lowest BCUT2D eigenvalue weighted by molar-refractivity contribution is 0.450. The van der Waals surface area contributed by atoms with Gasteiger partial charge in [-0.25, -0.2) is 4.98 Å². The zero-order valence-electron chi connectivity index (χ0n) is 10.9. The van der Waals surface area contributed by atoms with Gasteiger partial charge in [0.05, 0.1) is 6.54 Å². The van der Waals surface area contributed by atoms with E-state index < -0.39 is 0 Å². The van der Waals surface area contributed by atoms with Crippen LogP contribution in [-0.4, -0.2) is 20.8 Å². The number of aryl methyl sites for hydroxylation is 2. The summed E-state index contributed by atoms with van der Waals surface area (Å²) < 4.78 is 2.92. The van der Waals surface area contributed by atoms with Gasteiger partial charge in [0.1, 0.15) is 6.33 Å². The van der Waals surface area contributed by atoms with Crippen LogP contribution >= 0.6 is 15.9 Å². The summed E-state index contributed by atoms with van der Waals surface area (Å²) in [6, 6.07) is 7.12. The molecule has 1 unspecified atom stereocenters. The first kappa shape index (κ1) is 12.8. The van der Waals surface area contributed by atoms with Crippen LogP contribution in [0.15, 0.2) is 29.0 Å². The van der Waals surface area contributed by atoms with Crippen molar-refractivity contribution in [3.8, 4) is 0 Å². The molecule has 1 atom stereocenters. The Kier molecular flexibility index (Phi) is 3.66. The van der Waals surface area contributed by atoms with E-state index in [0.717, 1.165) is 25.2 Å². The lowest BCUT2D eigenvalue weighted by atomic mass is 9.88. The molecule has 1 heterocycles. The lowest BCUT2D eigenvalue weighted by Gasteiger charge is -2.25. The number of rotatable bonds is 3. The molecule has 1 N–H and O–H groups in total. The molecule has 0 fully saturated rings. The molecule has 0 saturated heterocycles. The summed E-state index contributed by atoms with van der Waals surface area (Å²) in [6.45, 7) is 0.747. The zero-order valence-corrected chi connectivity index (χ0v) is 12.5. The number of aromatic nitrogens is 3. The number of halogens is 1. The highest BCUT2D eigenvalue weighted by Gasteiger charge is 2.18. The lowest BCUT2D eigenvalue weighted by Crippen LogP contribution is -2.34. The first-order valence-electron chi connectivity index (χ1n) is 6.56. The minimum Gasteiger partial charge on any atom is -0.307 e. The van der Waals surface area contributed by atoms with E-state index in [1.807, 2.05) is 7.05 Å². The van der Waals surface area contributed by atoms with Crippen molar-refractivity contribution >= 4 is 15.9 Å². The number of nitrogens with zero attached hydrogens (tertiary/aromatic N) is 3. The van der Waals surface area contributed by atoms with Crippen molar-refractivity contribution in [2.45, 2.75) is 31.8 Å². The van der Waals surface area contributed by atoms with Crippen LogP contribution in [0.3, 0.4) is 0 Å². The molecule has 5 heteroatoms. The van der Waals surface area contributed by atoms with Crippen LogP contribution in [-0.2, 0) is 26.4 Å². The highest BCUT2D eigenvalue weighted by atomic mass is 79.9. The summed E-state index contributed by atoms with van der Waals surface area (Å²) >= 11 is 3.53. The molecule has 0 spiro atoms. The van der Waals surface area contributed by atoms with E-state index >= 15 is 0 Å². The molecule has 0 radical (unpaired) electrons. The Labute approximate surface area is 121 Å². The molecule has 0 bridgehead atoms. The van der Waals surface area contributed by atoms with Gasteiger partial charge in [-0.05, 0) is 42.5 Å². The number of benzene rings is 1. The topological polar surface area (TPSA) is 42.7 Å². The van der Waals surface area contributed by atoms with Crippen molar-refractivity contribution in [2.24, 2.45) is 7.05 Å². The average Bonchev–Trinajstić information content (AvgIpc) is 2.82. The summed E-state index contributed by atoms with van der Waals surface area (Å²) in [7, 11) is 1.89. The normalized spacial score (nSPS) is 18.3. The van der Waals surface area contributed by atoms with Crippen molar-refractivity contribution in [2.75, 3.05) is 0 Å². The number of hydrogen-bond acceptors (Lipinski definition) is 3. The number of fused-ring (bicyclic) bond motifs is 1. The third kappa shape index (κ3) is 3.04. The second kappa shape index (κ2) is 5.43. The van der Waals surface area contributed by atoms with E-state index in [1.54, 1.807) is 11.0 Å². The van der Waals surface area contributed by atoms with Gasteiger partial charge in [-0.15, -0.1) is 0 Å². The fourth-order valence-electron chi connectivity index (χ4n) is 2.60. The summed E-state index contributed by atoms with van der Waals surface area (Å²) in [5.74, 6) is 0.865. The predicted octanol–water partition coefficient (Wildman–Crippen LogP) is 2.22. The van der Waals surface area contributed by atoms with Gasteiger partial charge in [0, 0.05) is 17.6 Å². The number of hydrogen-bond donors (Lipinski definition) is 1. The smallest absolute Gasteiger partial charge is 0.164 e. The van der Waals surface area contributed by atoms with Crippen LogP contribution in [0.1, 0.15) is 23.4 Å². The first-order valence-corrected chi connectivity index (χ1v) is 7.35. The van der Waals surface area contributed by atoms with E-state index in [4.69, 9.17) is 0 Å². The second-order valence-corrected chi connectivity index (χ2v) is 5.98. The summed E-state index contributed by atoms with van der Waals surface area (Å²) in [5, 5.41) is 7.84. The molecule has 1 aromatic carbocycles. The van der Waals surface area contributed by atoms with E-state index in [9.17, 15) is 0 Å². The molecule has 1 aliphatic carbocycles. The quantitative estimate of drug-likeness (QED) is 0.943. The fourth-order valence-corrected chi connectivity index (χ4v) is 3.01. The van der Waals surface area contributed by atoms with Crippen LogP contribution in [0.2, 0.25) is 0 Å². The molecule has 0 amide bonds. The van der Waals surface area contributed by atoms with Gasteiger partial charge in [-0.2, -0.15) is 5.10 Å². The Morgan fingerprint density at radius 2 is 2.32 bits per heavy atom. The summed E-state index contributed by atoms with van der Waals surface area (Å²) in [4.78, 5) is 4.24. The van der Waals surface area contributed by atoms with Crippen molar-refractivity contribution in [3.05, 3.63) is 46.0 Å². The summed E-state index contributed by atoms with van der Waals surface area (Å²) in [6.07, 6.45) is 5.15. The van der Waals surface area contributed by atoms with Crippen LogP contribution in [0.25, 0.3) is 0 Å². The highest BCUT2D eigenvalue weighted by Crippen LogP contribution is 2.24. The molecule has 4 nitrogen and oxygen atoms in total. The van der Waals surface area contributed by atoms with E-state index in [0.29, 0.717) is 6.04 Å². The van der Waals surface area contributed by atoms with Crippen molar-refractivity contribution in [1.82, 2.24) is 20.1 Å². The van der Waals surface area contributed by atoms with Crippen LogP contribution in [0, 0.1) is 0 Å². The van der Waals surface area contributed by atoms with Gasteiger partial charge in [0.2, 0.25) is 0 Å². The van der Waals surface area contributed by atoms with Gasteiger partial charge in [-0.3, -0.25) is 4.68 Å². The first-order chi connectivity index (χ1) is 9.20. The minimum atomic E-state index is 0.525. The molecule has 2 aromatic rings. The Morgan fingerprint density at radius 3 is 3.11 bits per heavy atom. The monoisotopic (exact) mass is 320 g/mol. The van der Waals surface area contributed by atoms with Crippen molar-refractivity contribution < 1.29 is 0 Å². The third-order valence-corrected chi connectivity index (χ3v) is 4.09. The maximum Gasteiger partial charge on any atom is 0.164 e. The van der Waals surface area contributed by atoms with Gasteiger partial charge < -0.3 is 5.32 Å². The van der Waals surface area contributed by atoms with Gasteiger partial charge >= 0.3 is 0 Å². The predicted molar refractivity (Wildman–Crippen MR) is 77.8 cm³/mol. The van der Waals surface area contributed by atoms with Crippen LogP contribution in [0.5, 0.6) is 0 Å². The molecule has 1 aliphatic rings. The molecule has 19 heavy (non-hydrogen) atoms. The van der Waals surface area contributed by atoms with Gasteiger partial charge in [0.15, 0.2) is 5.82 Å². The Bertz CT molecular complexity index is 579. The summed E-state index contributed by atoms with van der Waals surface area (Å²) in [5.41, 5.74) is 2.93. The van der Waals surface area contributed by atoms with Gasteiger partial charge in [0.25, 0.3) is 0 Å². The standard InChI is InChI=1S/C14H17BrN4/c1-19-9-17-14(18-19)8-16-13-5-3-10-6-12(15)4-2-11(10)7-13/h2,4,6,9,13,16H,3,5,7-8H2,1H3. The Morgan fingerprint density at radius 1 is 1.42 bits per heavy atom. The third-order valence-electron chi connectivity index (χ3n) is 3.59. The largest absolute Gasteiger partial charge is 0.307 e. The molecule has 0 saturated carbocycles. The van der Waals surface area contributed by atoms with E-state index in [1.165, 1.54) is 22.0 Å². The fraction of sp³-hybridized carbons (Fsp3) is 0.429. The molecule has 1 aromatic heterocycles. The van der Waals surface area contributed by atoms with Crippen LogP contribution < -0.4 is 5.32 Å².